The minimum absolute atomic E-state index is 0.150. The second-order valence-corrected chi connectivity index (χ2v) is 5.26. The summed E-state index contributed by atoms with van der Waals surface area (Å²) in [5, 5.41) is 9.29. The summed E-state index contributed by atoms with van der Waals surface area (Å²) in [5.74, 6) is 0.130. The van der Waals surface area contributed by atoms with Gasteiger partial charge in [0, 0.05) is 19.6 Å². The molecule has 7 heteroatoms. The van der Waals surface area contributed by atoms with E-state index in [-0.39, 0.29) is 5.82 Å². The van der Waals surface area contributed by atoms with E-state index in [9.17, 15) is 4.39 Å². The molecule has 1 aromatic rings. The van der Waals surface area contributed by atoms with Crippen molar-refractivity contribution in [3.8, 4) is 0 Å². The van der Waals surface area contributed by atoms with Gasteiger partial charge in [0.05, 0.1) is 6.20 Å². The van der Waals surface area contributed by atoms with E-state index >= 15 is 0 Å². The Morgan fingerprint density at radius 3 is 2.91 bits per heavy atom. The van der Waals surface area contributed by atoms with E-state index < -0.39 is 5.82 Å². The van der Waals surface area contributed by atoms with Crippen LogP contribution >= 0.6 is 0 Å². The summed E-state index contributed by atoms with van der Waals surface area (Å²) in [5.41, 5.74) is 0.982. The number of hydrogen-bond acceptors (Lipinski definition) is 5. The van der Waals surface area contributed by atoms with Crippen LogP contribution in [0.5, 0.6) is 0 Å². The van der Waals surface area contributed by atoms with E-state index in [4.69, 9.17) is 0 Å². The molecule has 120 valence electrons. The fraction of sp³-hybridized carbons (Fsp3) is 0.533. The fourth-order valence-corrected chi connectivity index (χ4v) is 2.16. The molecule has 2 heterocycles. The van der Waals surface area contributed by atoms with Gasteiger partial charge in [-0.1, -0.05) is 19.1 Å². The first-order chi connectivity index (χ1) is 10.7. The maximum Gasteiger partial charge on any atom is 0.228 e. The Morgan fingerprint density at radius 1 is 1.41 bits per heavy atom. The molecule has 1 saturated heterocycles. The lowest BCUT2D eigenvalue weighted by Crippen LogP contribution is -2.30. The first-order valence-corrected chi connectivity index (χ1v) is 7.65. The maximum atomic E-state index is 14.2. The molecule has 0 aliphatic carbocycles. The van der Waals surface area contributed by atoms with Crippen molar-refractivity contribution >= 4 is 11.8 Å². The third kappa shape index (κ3) is 4.68. The van der Waals surface area contributed by atoms with Crippen LogP contribution in [0.4, 0.5) is 16.2 Å². The van der Waals surface area contributed by atoms with Gasteiger partial charge in [-0.25, -0.2) is 4.39 Å². The molecule has 1 aliphatic heterocycles. The van der Waals surface area contributed by atoms with Crippen LogP contribution < -0.4 is 10.2 Å². The van der Waals surface area contributed by atoms with Gasteiger partial charge in [0.2, 0.25) is 5.95 Å². The Bertz CT molecular complexity index is 549. The molecule has 0 spiro atoms. The number of piperidine rings is 1. The minimum atomic E-state index is -0.507. The molecule has 2 rings (SSSR count). The molecule has 0 amide bonds. The number of nitrogens with zero attached hydrogens (tertiary/aromatic N) is 4. The smallest absolute Gasteiger partial charge is 0.228 e. The molecule has 2 N–H and O–H groups in total. The highest BCUT2D eigenvalue weighted by Crippen LogP contribution is 2.16. The number of anilines is 2. The van der Waals surface area contributed by atoms with Crippen molar-refractivity contribution < 1.29 is 4.39 Å². The molecular weight excluding hydrogens is 283 g/mol. The Morgan fingerprint density at radius 2 is 2.18 bits per heavy atom. The van der Waals surface area contributed by atoms with Crippen molar-refractivity contribution in [2.45, 2.75) is 32.6 Å². The van der Waals surface area contributed by atoms with Gasteiger partial charge in [0.15, 0.2) is 11.6 Å². The van der Waals surface area contributed by atoms with Crippen molar-refractivity contribution in [1.29, 1.82) is 0 Å². The summed E-state index contributed by atoms with van der Waals surface area (Å²) in [6.45, 7) is 8.16. The zero-order valence-electron chi connectivity index (χ0n) is 13.0. The standard InChI is InChI=1S/C15H23FN6/c1-3-12(2)9-17-14-13(16)10-19-20-11-18-15(21-14)22-7-5-4-6-8-22/h10-11,19H,2-9H2,1H3,(H,17,18,20,21). The zero-order chi connectivity index (χ0) is 15.8. The van der Waals surface area contributed by atoms with E-state index in [0.29, 0.717) is 12.5 Å². The highest BCUT2D eigenvalue weighted by Gasteiger charge is 2.14. The van der Waals surface area contributed by atoms with Crippen LogP contribution in [0.2, 0.25) is 0 Å². The van der Waals surface area contributed by atoms with Crippen molar-refractivity contribution in [3.05, 3.63) is 30.5 Å². The summed E-state index contributed by atoms with van der Waals surface area (Å²) >= 11 is 0. The number of aromatic nitrogens is 4. The normalized spacial score (nSPS) is 14.4. The van der Waals surface area contributed by atoms with Gasteiger partial charge in [0.1, 0.15) is 6.33 Å². The quantitative estimate of drug-likeness (QED) is 0.819. The number of hydrogen-bond donors (Lipinski definition) is 2. The molecule has 22 heavy (non-hydrogen) atoms. The summed E-state index contributed by atoms with van der Waals surface area (Å²) < 4.78 is 14.2. The Balaban J connectivity index is 2.32. The summed E-state index contributed by atoms with van der Waals surface area (Å²) in [6, 6.07) is 0. The number of rotatable bonds is 5. The van der Waals surface area contributed by atoms with Crippen LogP contribution in [-0.4, -0.2) is 39.8 Å². The average Bonchev–Trinajstić information content (AvgIpc) is 2.64. The van der Waals surface area contributed by atoms with Crippen molar-refractivity contribution in [2.75, 3.05) is 29.9 Å². The largest absolute Gasteiger partial charge is 0.364 e. The lowest BCUT2D eigenvalue weighted by molar-refractivity contribution is 0.567. The second kappa shape index (κ2) is 8.31. The molecule has 1 fully saturated rings. The van der Waals surface area contributed by atoms with Gasteiger partial charge in [-0.3, -0.25) is 5.10 Å². The van der Waals surface area contributed by atoms with E-state index in [1.807, 2.05) is 6.92 Å². The second-order valence-electron chi connectivity index (χ2n) is 5.26. The van der Waals surface area contributed by atoms with E-state index in [1.54, 1.807) is 0 Å². The van der Waals surface area contributed by atoms with E-state index in [1.165, 1.54) is 12.7 Å². The Hall–Kier alpha value is -2.18. The van der Waals surface area contributed by atoms with Gasteiger partial charge in [-0.2, -0.15) is 15.1 Å². The third-order valence-electron chi connectivity index (χ3n) is 3.58. The Labute approximate surface area is 130 Å². The van der Waals surface area contributed by atoms with Crippen LogP contribution in [0.3, 0.4) is 0 Å². The molecule has 0 bridgehead atoms. The summed E-state index contributed by atoms with van der Waals surface area (Å²) in [6.07, 6.45) is 6.74. The van der Waals surface area contributed by atoms with Crippen molar-refractivity contribution in [3.63, 3.8) is 0 Å². The van der Waals surface area contributed by atoms with Crippen LogP contribution in [0.1, 0.15) is 32.6 Å². The van der Waals surface area contributed by atoms with Gasteiger partial charge in [0.25, 0.3) is 0 Å². The van der Waals surface area contributed by atoms with E-state index in [2.05, 4.69) is 37.0 Å². The number of H-pyrrole nitrogens is 1. The third-order valence-corrected chi connectivity index (χ3v) is 3.58. The monoisotopic (exact) mass is 306 g/mol. The highest BCUT2D eigenvalue weighted by molar-refractivity contribution is 5.41. The van der Waals surface area contributed by atoms with Crippen molar-refractivity contribution in [1.82, 2.24) is 20.2 Å². The number of halogens is 1. The number of aromatic amines is 1. The zero-order valence-corrected chi connectivity index (χ0v) is 13.0. The first kappa shape index (κ1) is 16.2. The van der Waals surface area contributed by atoms with Gasteiger partial charge in [-0.15, -0.1) is 0 Å². The van der Waals surface area contributed by atoms with Gasteiger partial charge < -0.3 is 10.2 Å². The molecule has 0 aromatic carbocycles. The lowest BCUT2D eigenvalue weighted by atomic mass is 10.1. The SMILES string of the molecule is C=C(CC)CNc1nc(N2CCCCC2)ncn[nH]cc1F. The van der Waals surface area contributed by atoms with Crippen molar-refractivity contribution in [2.24, 2.45) is 0 Å². The molecule has 1 aromatic heterocycles. The minimum Gasteiger partial charge on any atom is -0.364 e. The molecule has 1 aliphatic rings. The molecule has 0 radical (unpaired) electrons. The molecule has 0 atom stereocenters. The molecular formula is C15H23FN6. The molecule has 0 saturated carbocycles. The first-order valence-electron chi connectivity index (χ1n) is 7.65. The van der Waals surface area contributed by atoms with Crippen LogP contribution in [0.15, 0.2) is 24.7 Å². The predicted molar refractivity (Wildman–Crippen MR) is 85.7 cm³/mol. The maximum absolute atomic E-state index is 14.2. The van der Waals surface area contributed by atoms with Crippen LogP contribution in [0, 0.1) is 5.82 Å². The Kier molecular flexibility index (Phi) is 6.12. The van der Waals surface area contributed by atoms with Gasteiger partial charge in [-0.05, 0) is 25.7 Å². The average molecular weight is 306 g/mol. The lowest BCUT2D eigenvalue weighted by Gasteiger charge is -2.26. The van der Waals surface area contributed by atoms with Crippen LogP contribution in [-0.2, 0) is 0 Å². The fourth-order valence-electron chi connectivity index (χ4n) is 2.16. The molecule has 0 unspecified atom stereocenters. The topological polar surface area (TPSA) is 69.7 Å². The van der Waals surface area contributed by atoms with E-state index in [0.717, 1.165) is 44.1 Å². The highest BCUT2D eigenvalue weighted by atomic mass is 19.1. The van der Waals surface area contributed by atoms with Crippen LogP contribution in [0.25, 0.3) is 0 Å². The molecule has 6 nitrogen and oxygen atoms in total. The summed E-state index contributed by atoms with van der Waals surface area (Å²) in [7, 11) is 0. The number of nitrogens with one attached hydrogen (secondary N) is 2. The summed E-state index contributed by atoms with van der Waals surface area (Å²) in [4.78, 5) is 10.7. The van der Waals surface area contributed by atoms with Gasteiger partial charge >= 0.3 is 0 Å². The predicted octanol–water partition coefficient (Wildman–Crippen LogP) is 2.83.